The average molecular weight is 403 g/mol. The third kappa shape index (κ3) is 3.69. The number of carbonyl (C=O) groups is 1. The van der Waals surface area contributed by atoms with Gasteiger partial charge in [0, 0.05) is 43.6 Å². The quantitative estimate of drug-likeness (QED) is 0.732. The fraction of sp³-hybridized carbons (Fsp3) is 0.400. The first-order valence-corrected chi connectivity index (χ1v) is 9.87. The zero-order valence-corrected chi connectivity index (χ0v) is 16.9. The van der Waals surface area contributed by atoms with Gasteiger partial charge in [0.05, 0.1) is 20.3 Å². The molecule has 1 aromatic heterocycles. The predicted octanol–water partition coefficient (Wildman–Crippen LogP) is 2.09. The van der Waals surface area contributed by atoms with Crippen molar-refractivity contribution in [3.8, 4) is 5.75 Å². The van der Waals surface area contributed by atoms with E-state index in [1.54, 1.807) is 11.0 Å². The molecule has 2 saturated heterocycles. The molecule has 8 heteroatoms. The van der Waals surface area contributed by atoms with Gasteiger partial charge in [-0.1, -0.05) is 6.07 Å². The lowest BCUT2D eigenvalue weighted by molar-refractivity contribution is -0.117. The second-order valence-corrected chi connectivity index (χ2v) is 7.59. The smallest absolute Gasteiger partial charge is 0.228 e. The van der Waals surface area contributed by atoms with Crippen molar-refractivity contribution in [2.24, 2.45) is 0 Å². The molecule has 4 rings (SSSR count). The van der Waals surface area contributed by atoms with Crippen LogP contribution in [0, 0.1) is 5.82 Å². The van der Waals surface area contributed by atoms with Crippen LogP contribution in [0.25, 0.3) is 0 Å². The summed E-state index contributed by atoms with van der Waals surface area (Å²) in [6, 6.07) is 8.82. The van der Waals surface area contributed by atoms with Crippen LogP contribution in [0.5, 0.6) is 5.75 Å². The van der Waals surface area contributed by atoms with Gasteiger partial charge in [-0.15, -0.1) is 9.24 Å². The van der Waals surface area contributed by atoms with Crippen molar-refractivity contribution in [2.75, 3.05) is 49.8 Å². The maximum absolute atomic E-state index is 14.7. The summed E-state index contributed by atoms with van der Waals surface area (Å²) in [5.74, 6) is 1.29. The highest BCUT2D eigenvalue weighted by Gasteiger charge is 2.35. The summed E-state index contributed by atoms with van der Waals surface area (Å²) in [4.78, 5) is 21.2. The number of morpholine rings is 1. The number of rotatable bonds is 4. The minimum absolute atomic E-state index is 0.0451. The molecule has 2 aliphatic rings. The van der Waals surface area contributed by atoms with Gasteiger partial charge in [0.25, 0.3) is 0 Å². The van der Waals surface area contributed by atoms with E-state index in [-0.39, 0.29) is 24.1 Å². The molecule has 28 heavy (non-hydrogen) atoms. The Bertz CT molecular complexity index is 866. The van der Waals surface area contributed by atoms with Crippen LogP contribution in [0.1, 0.15) is 17.9 Å². The van der Waals surface area contributed by atoms with Crippen molar-refractivity contribution < 1.29 is 18.7 Å². The minimum Gasteiger partial charge on any atom is -0.497 e. The second kappa shape index (κ2) is 8.02. The Balaban J connectivity index is 1.57. The average Bonchev–Trinajstić information content (AvgIpc) is 3.09. The summed E-state index contributed by atoms with van der Waals surface area (Å²) < 4.78 is 25.2. The molecular formula is C20H23FN3O3P. The first kappa shape index (κ1) is 19.1. The van der Waals surface area contributed by atoms with Crippen LogP contribution in [0.4, 0.5) is 16.0 Å². The lowest BCUT2D eigenvalue weighted by Crippen LogP contribution is -2.37. The van der Waals surface area contributed by atoms with Gasteiger partial charge in [0.1, 0.15) is 23.2 Å². The number of benzene rings is 1. The Labute approximate surface area is 165 Å². The SMILES string of the molecule is COc1cc(F)c([C@H]2CC(=O)N(c3cccc(N4CCOCC4)n3)C2)c(P)c1. The molecule has 3 heterocycles. The topological polar surface area (TPSA) is 54.9 Å². The number of aromatic nitrogens is 1. The van der Waals surface area contributed by atoms with E-state index >= 15 is 0 Å². The van der Waals surface area contributed by atoms with E-state index in [2.05, 4.69) is 19.1 Å². The Morgan fingerprint density at radius 2 is 2.00 bits per heavy atom. The van der Waals surface area contributed by atoms with Crippen LogP contribution in [0.2, 0.25) is 0 Å². The number of pyridine rings is 1. The summed E-state index contributed by atoms with van der Waals surface area (Å²) in [5.41, 5.74) is 0.547. The Morgan fingerprint density at radius 3 is 2.71 bits per heavy atom. The van der Waals surface area contributed by atoms with Crippen LogP contribution in [0.3, 0.4) is 0 Å². The number of nitrogens with zero attached hydrogens (tertiary/aromatic N) is 3. The number of carbonyl (C=O) groups excluding carboxylic acids is 1. The van der Waals surface area contributed by atoms with E-state index in [0.717, 1.165) is 18.9 Å². The molecule has 2 aromatic rings. The minimum atomic E-state index is -0.348. The molecule has 2 atom stereocenters. The first-order chi connectivity index (χ1) is 13.6. The van der Waals surface area contributed by atoms with Gasteiger partial charge < -0.3 is 14.4 Å². The van der Waals surface area contributed by atoms with E-state index in [1.807, 2.05) is 18.2 Å². The normalized spacial score (nSPS) is 20.0. The highest BCUT2D eigenvalue weighted by molar-refractivity contribution is 7.27. The summed E-state index contributed by atoms with van der Waals surface area (Å²) in [6.07, 6.45) is 0.258. The van der Waals surface area contributed by atoms with Gasteiger partial charge in [0.15, 0.2) is 0 Å². The van der Waals surface area contributed by atoms with Crippen LogP contribution >= 0.6 is 9.24 Å². The van der Waals surface area contributed by atoms with Crippen LogP contribution in [-0.4, -0.2) is 50.8 Å². The third-order valence-corrected chi connectivity index (χ3v) is 5.71. The molecule has 0 radical (unpaired) electrons. The van der Waals surface area contributed by atoms with Crippen LogP contribution in [0.15, 0.2) is 30.3 Å². The molecule has 148 valence electrons. The Morgan fingerprint density at radius 1 is 1.25 bits per heavy atom. The molecule has 0 N–H and O–H groups in total. The first-order valence-electron chi connectivity index (χ1n) is 9.30. The van der Waals surface area contributed by atoms with E-state index in [0.29, 0.717) is 42.2 Å². The number of methoxy groups -OCH3 is 1. The van der Waals surface area contributed by atoms with Crippen molar-refractivity contribution in [3.05, 3.63) is 41.7 Å². The maximum atomic E-state index is 14.7. The molecule has 1 unspecified atom stereocenters. The number of anilines is 2. The molecule has 2 aliphatic heterocycles. The van der Waals surface area contributed by atoms with Crippen LogP contribution in [-0.2, 0) is 9.53 Å². The highest BCUT2D eigenvalue weighted by Crippen LogP contribution is 2.34. The zero-order chi connectivity index (χ0) is 19.7. The van der Waals surface area contributed by atoms with Crippen molar-refractivity contribution in [2.45, 2.75) is 12.3 Å². The van der Waals surface area contributed by atoms with E-state index in [9.17, 15) is 9.18 Å². The summed E-state index contributed by atoms with van der Waals surface area (Å²) >= 11 is 0. The van der Waals surface area contributed by atoms with E-state index in [4.69, 9.17) is 9.47 Å². The van der Waals surface area contributed by atoms with Crippen molar-refractivity contribution >= 4 is 32.1 Å². The van der Waals surface area contributed by atoms with Gasteiger partial charge >= 0.3 is 0 Å². The fourth-order valence-corrected chi connectivity index (χ4v) is 4.35. The van der Waals surface area contributed by atoms with Gasteiger partial charge in [0.2, 0.25) is 5.91 Å². The van der Waals surface area contributed by atoms with Gasteiger partial charge in [-0.2, -0.15) is 0 Å². The highest BCUT2D eigenvalue weighted by atomic mass is 31.0. The van der Waals surface area contributed by atoms with Gasteiger partial charge in [-0.3, -0.25) is 9.69 Å². The van der Waals surface area contributed by atoms with Crippen molar-refractivity contribution in [1.29, 1.82) is 0 Å². The third-order valence-electron chi connectivity index (χ3n) is 5.24. The van der Waals surface area contributed by atoms with E-state index in [1.165, 1.54) is 13.2 Å². The van der Waals surface area contributed by atoms with Gasteiger partial charge in [-0.05, 0) is 23.5 Å². The van der Waals surface area contributed by atoms with Crippen LogP contribution < -0.4 is 19.8 Å². The van der Waals surface area contributed by atoms with E-state index < -0.39 is 0 Å². The second-order valence-electron chi connectivity index (χ2n) is 6.97. The van der Waals surface area contributed by atoms with Crippen molar-refractivity contribution in [3.63, 3.8) is 0 Å². The maximum Gasteiger partial charge on any atom is 0.228 e. The summed E-state index contributed by atoms with van der Waals surface area (Å²) in [7, 11) is 4.06. The number of amides is 1. The largest absolute Gasteiger partial charge is 0.497 e. The van der Waals surface area contributed by atoms with Gasteiger partial charge in [-0.25, -0.2) is 9.37 Å². The lowest BCUT2D eigenvalue weighted by Gasteiger charge is -2.28. The zero-order valence-electron chi connectivity index (χ0n) is 15.7. The molecule has 0 saturated carbocycles. The number of hydrogen-bond acceptors (Lipinski definition) is 5. The molecule has 1 amide bonds. The molecule has 6 nitrogen and oxygen atoms in total. The fourth-order valence-electron chi connectivity index (χ4n) is 3.82. The summed E-state index contributed by atoms with van der Waals surface area (Å²) in [5, 5.41) is 0.714. The standard InChI is InChI=1S/C20H23FN3O3P/c1-26-14-10-15(21)20(16(28)11-14)13-9-19(25)24(12-13)18-4-2-3-17(22-18)23-5-7-27-8-6-23/h2-4,10-11,13H,5-9,12,28H2,1H3/t13-/m0/s1. The van der Waals surface area contributed by atoms with Crippen molar-refractivity contribution in [1.82, 2.24) is 4.98 Å². The monoisotopic (exact) mass is 403 g/mol. The summed E-state index contributed by atoms with van der Waals surface area (Å²) in [6.45, 7) is 3.30. The molecular weight excluding hydrogens is 380 g/mol. The Kier molecular flexibility index (Phi) is 5.47. The molecule has 0 bridgehead atoms. The molecule has 2 fully saturated rings. The number of hydrogen-bond donors (Lipinski definition) is 0. The molecule has 1 aromatic carbocycles. The number of ether oxygens (including phenoxy) is 2. The Hall–Kier alpha value is -2.24. The molecule has 0 aliphatic carbocycles. The predicted molar refractivity (Wildman–Crippen MR) is 109 cm³/mol. The molecule has 0 spiro atoms. The number of halogens is 1. The lowest BCUT2D eigenvalue weighted by atomic mass is 9.97.